The van der Waals surface area contributed by atoms with E-state index in [0.29, 0.717) is 0 Å². The second kappa shape index (κ2) is 5.91. The summed E-state index contributed by atoms with van der Waals surface area (Å²) in [4.78, 5) is 20.2. The van der Waals surface area contributed by atoms with Crippen LogP contribution in [0.4, 0.5) is 13.2 Å². The zero-order valence-electron chi connectivity index (χ0n) is 11.8. The lowest BCUT2D eigenvalue weighted by Gasteiger charge is -2.34. The normalized spacial score (nSPS) is 25.7. The maximum Gasteiger partial charge on any atom is 0.418 e. The van der Waals surface area contributed by atoms with E-state index >= 15 is 0 Å². The molecule has 11 heteroatoms. The number of allylic oxidation sites excluding steroid dienone is 2. The SMILES string of the molecule is CCNC1=C(C(F)(F)F)C=C([N+](=O)[O-])C(N)(CC)C1[N+](=O)[O-]. The van der Waals surface area contributed by atoms with E-state index in [-0.39, 0.29) is 19.0 Å². The fourth-order valence-corrected chi connectivity index (χ4v) is 2.40. The number of nitrogens with zero attached hydrogens (tertiary/aromatic N) is 2. The van der Waals surface area contributed by atoms with Crippen LogP contribution in [-0.2, 0) is 0 Å². The lowest BCUT2D eigenvalue weighted by molar-refractivity contribution is -0.534. The highest BCUT2D eigenvalue weighted by molar-refractivity contribution is 5.43. The molecule has 0 saturated carbocycles. The molecule has 0 saturated heterocycles. The molecule has 3 N–H and O–H groups in total. The van der Waals surface area contributed by atoms with Gasteiger partial charge in [0.1, 0.15) is 5.70 Å². The lowest BCUT2D eigenvalue weighted by Crippen LogP contribution is -2.61. The predicted molar refractivity (Wildman–Crippen MR) is 69.8 cm³/mol. The van der Waals surface area contributed by atoms with Crippen LogP contribution in [0.2, 0.25) is 0 Å². The molecule has 0 aromatic carbocycles. The van der Waals surface area contributed by atoms with Gasteiger partial charge >= 0.3 is 6.18 Å². The molecule has 0 aliphatic heterocycles. The van der Waals surface area contributed by atoms with Crippen LogP contribution in [0.1, 0.15) is 20.3 Å². The van der Waals surface area contributed by atoms with Crippen molar-refractivity contribution in [3.05, 3.63) is 43.3 Å². The van der Waals surface area contributed by atoms with Crippen LogP contribution in [0.25, 0.3) is 0 Å². The first-order chi connectivity index (χ1) is 10.0. The number of alkyl halides is 3. The molecular weight excluding hydrogens is 309 g/mol. The number of hydrogen-bond donors (Lipinski definition) is 2. The molecule has 2 unspecified atom stereocenters. The molecule has 8 nitrogen and oxygen atoms in total. The number of rotatable bonds is 5. The van der Waals surface area contributed by atoms with E-state index in [9.17, 15) is 33.4 Å². The van der Waals surface area contributed by atoms with Crippen LogP contribution >= 0.6 is 0 Å². The van der Waals surface area contributed by atoms with Gasteiger partial charge in [-0.15, -0.1) is 0 Å². The highest BCUT2D eigenvalue weighted by Crippen LogP contribution is 2.40. The summed E-state index contributed by atoms with van der Waals surface area (Å²) in [5.74, 6) is 0. The summed E-state index contributed by atoms with van der Waals surface area (Å²) in [6.45, 7) is 2.77. The van der Waals surface area contributed by atoms with Crippen molar-refractivity contribution in [3.63, 3.8) is 0 Å². The molecule has 1 rings (SSSR count). The Morgan fingerprint density at radius 1 is 1.36 bits per heavy atom. The van der Waals surface area contributed by atoms with E-state index in [2.05, 4.69) is 5.32 Å². The van der Waals surface area contributed by atoms with Crippen molar-refractivity contribution >= 4 is 0 Å². The van der Waals surface area contributed by atoms with E-state index in [1.807, 2.05) is 0 Å². The molecule has 0 aromatic heterocycles. The number of hydrogen-bond acceptors (Lipinski definition) is 6. The van der Waals surface area contributed by atoms with Gasteiger partial charge in [0.05, 0.1) is 10.5 Å². The van der Waals surface area contributed by atoms with Crippen molar-refractivity contribution in [2.24, 2.45) is 5.73 Å². The van der Waals surface area contributed by atoms with Gasteiger partial charge in [-0.1, -0.05) is 6.92 Å². The first-order valence-electron chi connectivity index (χ1n) is 6.34. The molecule has 0 aromatic rings. The van der Waals surface area contributed by atoms with Crippen LogP contribution in [0.15, 0.2) is 23.0 Å². The molecule has 1 aliphatic carbocycles. The van der Waals surface area contributed by atoms with Crippen molar-refractivity contribution in [1.29, 1.82) is 0 Å². The maximum absolute atomic E-state index is 13.1. The largest absolute Gasteiger partial charge is 0.418 e. The number of nitrogens with two attached hydrogens (primary N) is 1. The standard InChI is InChI=1S/C11H15F3N4O4/c1-3-10(15)7(17(19)20)5-6(11(12,13)14)8(16-4-2)9(10)18(21)22/h5,9,16H,3-4,15H2,1-2H3. The zero-order chi connectivity index (χ0) is 17.3. The maximum atomic E-state index is 13.1. The summed E-state index contributed by atoms with van der Waals surface area (Å²) < 4.78 is 39.3. The van der Waals surface area contributed by atoms with Crippen molar-refractivity contribution in [3.8, 4) is 0 Å². The smallest absolute Gasteiger partial charge is 0.383 e. The Balaban J connectivity index is 3.75. The average molecular weight is 324 g/mol. The molecule has 0 spiro atoms. The summed E-state index contributed by atoms with van der Waals surface area (Å²) in [5, 5.41) is 24.6. The molecular formula is C11H15F3N4O4. The molecule has 0 radical (unpaired) electrons. The van der Waals surface area contributed by atoms with Gasteiger partial charge in [-0.05, 0) is 13.3 Å². The van der Waals surface area contributed by atoms with Gasteiger partial charge in [0, 0.05) is 17.5 Å². The highest BCUT2D eigenvalue weighted by Gasteiger charge is 2.59. The van der Waals surface area contributed by atoms with Crippen LogP contribution < -0.4 is 11.1 Å². The lowest BCUT2D eigenvalue weighted by atomic mass is 9.77. The second-order valence-corrected chi connectivity index (χ2v) is 4.72. The molecule has 124 valence electrons. The van der Waals surface area contributed by atoms with Gasteiger partial charge in [-0.25, -0.2) is 0 Å². The third-order valence-electron chi connectivity index (χ3n) is 3.47. The number of halogens is 3. The van der Waals surface area contributed by atoms with Gasteiger partial charge in [0.25, 0.3) is 11.7 Å². The van der Waals surface area contributed by atoms with Gasteiger partial charge in [0.15, 0.2) is 5.54 Å². The molecule has 0 heterocycles. The molecule has 0 bridgehead atoms. The van der Waals surface area contributed by atoms with E-state index in [0.717, 1.165) is 0 Å². The Morgan fingerprint density at radius 2 is 1.91 bits per heavy atom. The molecule has 0 amide bonds. The Bertz CT molecular complexity index is 558. The first kappa shape index (κ1) is 17.9. The number of likely N-dealkylation sites (N-methyl/N-ethyl adjacent to an activating group) is 1. The molecule has 0 fully saturated rings. The van der Waals surface area contributed by atoms with Crippen molar-refractivity contribution in [2.75, 3.05) is 6.54 Å². The van der Waals surface area contributed by atoms with Crippen LogP contribution in [0.3, 0.4) is 0 Å². The summed E-state index contributed by atoms with van der Waals surface area (Å²) in [6.07, 6.45) is -4.98. The van der Waals surface area contributed by atoms with Crippen molar-refractivity contribution in [1.82, 2.24) is 5.32 Å². The Morgan fingerprint density at radius 3 is 2.23 bits per heavy atom. The summed E-state index contributed by atoms with van der Waals surface area (Å²) in [6, 6.07) is -2.08. The van der Waals surface area contributed by atoms with Crippen LogP contribution in [0, 0.1) is 20.2 Å². The molecule has 2 atom stereocenters. The Hall–Kier alpha value is -2.17. The van der Waals surface area contributed by atoms with Gasteiger partial charge in [-0.2, -0.15) is 13.2 Å². The van der Waals surface area contributed by atoms with Crippen molar-refractivity contribution in [2.45, 2.75) is 38.0 Å². The fourth-order valence-electron chi connectivity index (χ4n) is 2.40. The third-order valence-corrected chi connectivity index (χ3v) is 3.47. The minimum absolute atomic E-state index is 0.0271. The zero-order valence-corrected chi connectivity index (χ0v) is 11.8. The minimum atomic E-state index is -4.98. The second-order valence-electron chi connectivity index (χ2n) is 4.72. The van der Waals surface area contributed by atoms with Crippen molar-refractivity contribution < 1.29 is 23.0 Å². The minimum Gasteiger partial charge on any atom is -0.383 e. The quantitative estimate of drug-likeness (QED) is 0.581. The average Bonchev–Trinajstić information content (AvgIpc) is 2.36. The van der Waals surface area contributed by atoms with Gasteiger partial charge in [-0.3, -0.25) is 20.2 Å². The summed E-state index contributed by atoms with van der Waals surface area (Å²) in [7, 11) is 0. The highest BCUT2D eigenvalue weighted by atomic mass is 19.4. The summed E-state index contributed by atoms with van der Waals surface area (Å²) >= 11 is 0. The van der Waals surface area contributed by atoms with E-state index in [1.54, 1.807) is 0 Å². The summed E-state index contributed by atoms with van der Waals surface area (Å²) in [5.41, 5.74) is 0.418. The molecule has 1 aliphatic rings. The topological polar surface area (TPSA) is 124 Å². The molecule has 22 heavy (non-hydrogen) atoms. The number of nitro groups is 2. The van der Waals surface area contributed by atoms with Gasteiger partial charge in [0.2, 0.25) is 0 Å². The fraction of sp³-hybridized carbons (Fsp3) is 0.636. The van der Waals surface area contributed by atoms with Crippen LogP contribution in [0.5, 0.6) is 0 Å². The van der Waals surface area contributed by atoms with Gasteiger partial charge < -0.3 is 11.1 Å². The number of nitrogens with one attached hydrogen (secondary N) is 1. The monoisotopic (exact) mass is 324 g/mol. The van der Waals surface area contributed by atoms with E-state index in [4.69, 9.17) is 5.73 Å². The Labute approximate surface area is 123 Å². The first-order valence-corrected chi connectivity index (χ1v) is 6.34. The predicted octanol–water partition coefficient (Wildman–Crippen LogP) is 1.34. The third kappa shape index (κ3) is 2.89. The van der Waals surface area contributed by atoms with Crippen LogP contribution in [-0.4, -0.2) is 34.1 Å². The Kier molecular flexibility index (Phi) is 4.80. The van der Waals surface area contributed by atoms with E-state index in [1.165, 1.54) is 13.8 Å². The van der Waals surface area contributed by atoms with E-state index < -0.39 is 44.6 Å².